The van der Waals surface area contributed by atoms with E-state index in [1.54, 1.807) is 6.07 Å². The minimum absolute atomic E-state index is 0.209. The zero-order valence-corrected chi connectivity index (χ0v) is 14.2. The number of benzene rings is 1. The zero-order chi connectivity index (χ0) is 18.7. The van der Waals surface area contributed by atoms with Gasteiger partial charge < -0.3 is 14.5 Å². The van der Waals surface area contributed by atoms with Crippen molar-refractivity contribution in [2.75, 3.05) is 12.4 Å². The molecule has 0 aliphatic carbocycles. The van der Waals surface area contributed by atoms with E-state index in [1.807, 2.05) is 30.3 Å². The van der Waals surface area contributed by atoms with Gasteiger partial charge in [0.15, 0.2) is 5.76 Å². The molecule has 0 spiro atoms. The molecular formula is C17H12N2O6S. The van der Waals surface area contributed by atoms with E-state index < -0.39 is 22.7 Å². The molecule has 132 valence electrons. The molecule has 0 atom stereocenters. The van der Waals surface area contributed by atoms with Gasteiger partial charge in [-0.2, -0.15) is 0 Å². The molecule has 26 heavy (non-hydrogen) atoms. The van der Waals surface area contributed by atoms with E-state index in [4.69, 9.17) is 9.15 Å². The molecule has 0 unspecified atom stereocenters. The second-order valence-corrected chi connectivity index (χ2v) is 6.11. The molecule has 0 saturated carbocycles. The number of esters is 1. The van der Waals surface area contributed by atoms with Crippen molar-refractivity contribution in [1.29, 1.82) is 0 Å². The van der Waals surface area contributed by atoms with Crippen molar-refractivity contribution in [2.24, 2.45) is 0 Å². The fourth-order valence-corrected chi connectivity index (χ4v) is 3.24. The van der Waals surface area contributed by atoms with Gasteiger partial charge in [-0.25, -0.2) is 4.79 Å². The van der Waals surface area contributed by atoms with Crippen molar-refractivity contribution >= 4 is 34.8 Å². The second-order valence-electron chi connectivity index (χ2n) is 5.06. The molecule has 0 bridgehead atoms. The Morgan fingerprint density at radius 3 is 2.54 bits per heavy atom. The number of carbonyl (C=O) groups is 2. The highest BCUT2D eigenvalue weighted by molar-refractivity contribution is 7.18. The summed E-state index contributed by atoms with van der Waals surface area (Å²) in [5.74, 6) is -2.09. The van der Waals surface area contributed by atoms with Gasteiger partial charge in [0.2, 0.25) is 0 Å². The standard InChI is InChI=1S/C17H12N2O6S/c1-24-17(21)15-11(9-13(26-15)10-5-3-2-4-6-10)18-16(20)12-7-8-14(25-12)19(22)23/h2-9H,1H3,(H,18,20). The average molecular weight is 372 g/mol. The Hall–Kier alpha value is -3.46. The lowest BCUT2D eigenvalue weighted by Crippen LogP contribution is -2.13. The normalized spacial score (nSPS) is 10.3. The Morgan fingerprint density at radius 2 is 1.92 bits per heavy atom. The van der Waals surface area contributed by atoms with E-state index in [0.29, 0.717) is 0 Å². The van der Waals surface area contributed by atoms with Crippen LogP contribution in [0.5, 0.6) is 0 Å². The van der Waals surface area contributed by atoms with Crippen LogP contribution in [0.15, 0.2) is 52.9 Å². The lowest BCUT2D eigenvalue weighted by molar-refractivity contribution is -0.402. The minimum atomic E-state index is -0.741. The number of amides is 1. The smallest absolute Gasteiger partial charge is 0.433 e. The summed E-state index contributed by atoms with van der Waals surface area (Å²) in [6, 6.07) is 13.2. The summed E-state index contributed by atoms with van der Waals surface area (Å²) in [6.07, 6.45) is 0. The molecule has 3 aromatic rings. The SMILES string of the molecule is COC(=O)c1sc(-c2ccccc2)cc1NC(=O)c1ccc([N+](=O)[O-])o1. The highest BCUT2D eigenvalue weighted by Crippen LogP contribution is 2.35. The quantitative estimate of drug-likeness (QED) is 0.412. The molecule has 0 saturated heterocycles. The number of hydrogen-bond acceptors (Lipinski definition) is 7. The highest BCUT2D eigenvalue weighted by atomic mass is 32.1. The summed E-state index contributed by atoms with van der Waals surface area (Å²) in [6.45, 7) is 0. The molecule has 0 aliphatic heterocycles. The number of nitrogens with one attached hydrogen (secondary N) is 1. The summed E-state index contributed by atoms with van der Waals surface area (Å²) in [5, 5.41) is 13.2. The van der Waals surface area contributed by atoms with Crippen molar-refractivity contribution in [2.45, 2.75) is 0 Å². The maximum absolute atomic E-state index is 12.3. The maximum Gasteiger partial charge on any atom is 0.433 e. The third kappa shape index (κ3) is 3.47. The molecule has 9 heteroatoms. The molecular weight excluding hydrogens is 360 g/mol. The van der Waals surface area contributed by atoms with E-state index >= 15 is 0 Å². The Morgan fingerprint density at radius 1 is 1.19 bits per heavy atom. The summed E-state index contributed by atoms with van der Waals surface area (Å²) in [5.41, 5.74) is 1.11. The van der Waals surface area contributed by atoms with Crippen LogP contribution in [-0.2, 0) is 4.74 Å². The fourth-order valence-electron chi connectivity index (χ4n) is 2.20. The van der Waals surface area contributed by atoms with Gasteiger partial charge >= 0.3 is 11.9 Å². The Kier molecular flexibility index (Phi) is 4.81. The summed E-state index contributed by atoms with van der Waals surface area (Å²) in [4.78, 5) is 35.2. The van der Waals surface area contributed by atoms with Crippen LogP contribution in [-0.4, -0.2) is 23.9 Å². The lowest BCUT2D eigenvalue weighted by Gasteiger charge is -2.03. The van der Waals surface area contributed by atoms with Gasteiger partial charge in [-0.05, 0) is 17.7 Å². The number of nitro groups is 1. The number of furan rings is 1. The summed E-state index contributed by atoms with van der Waals surface area (Å²) >= 11 is 1.16. The summed E-state index contributed by atoms with van der Waals surface area (Å²) < 4.78 is 9.63. The first-order chi connectivity index (χ1) is 12.5. The Balaban J connectivity index is 1.92. The highest BCUT2D eigenvalue weighted by Gasteiger charge is 2.22. The van der Waals surface area contributed by atoms with Crippen LogP contribution in [0.4, 0.5) is 11.6 Å². The minimum Gasteiger partial charge on any atom is -0.465 e. The van der Waals surface area contributed by atoms with Crippen LogP contribution in [0.3, 0.4) is 0 Å². The van der Waals surface area contributed by atoms with Crippen LogP contribution in [0, 0.1) is 10.1 Å². The molecule has 1 amide bonds. The van der Waals surface area contributed by atoms with Crippen LogP contribution in [0.1, 0.15) is 20.2 Å². The number of methoxy groups -OCH3 is 1. The van der Waals surface area contributed by atoms with Crippen LogP contribution >= 0.6 is 11.3 Å². The number of nitrogens with zero attached hydrogens (tertiary/aromatic N) is 1. The first-order valence-corrected chi connectivity index (χ1v) is 8.14. The van der Waals surface area contributed by atoms with Crippen molar-refractivity contribution in [3.05, 3.63) is 69.3 Å². The van der Waals surface area contributed by atoms with E-state index in [9.17, 15) is 19.7 Å². The predicted molar refractivity (Wildman–Crippen MR) is 94.4 cm³/mol. The number of thiophene rings is 1. The molecule has 3 rings (SSSR count). The predicted octanol–water partition coefficient (Wildman–Crippen LogP) is 3.96. The van der Waals surface area contributed by atoms with Gasteiger partial charge in [0, 0.05) is 4.88 Å². The van der Waals surface area contributed by atoms with Crippen LogP contribution < -0.4 is 5.32 Å². The van der Waals surface area contributed by atoms with Gasteiger partial charge in [-0.1, -0.05) is 30.3 Å². The van der Waals surface area contributed by atoms with Gasteiger partial charge in [-0.3, -0.25) is 14.9 Å². The van der Waals surface area contributed by atoms with E-state index in [0.717, 1.165) is 27.8 Å². The third-order valence-electron chi connectivity index (χ3n) is 3.40. The van der Waals surface area contributed by atoms with Gasteiger partial charge in [0.05, 0.1) is 18.9 Å². The molecule has 1 aromatic carbocycles. The van der Waals surface area contributed by atoms with E-state index in [1.165, 1.54) is 13.2 Å². The van der Waals surface area contributed by atoms with E-state index in [-0.39, 0.29) is 16.3 Å². The van der Waals surface area contributed by atoms with Crippen molar-refractivity contribution in [3.8, 4) is 10.4 Å². The molecule has 2 aromatic heterocycles. The van der Waals surface area contributed by atoms with Crippen molar-refractivity contribution in [3.63, 3.8) is 0 Å². The average Bonchev–Trinajstić information content (AvgIpc) is 3.29. The fraction of sp³-hybridized carbons (Fsp3) is 0.0588. The lowest BCUT2D eigenvalue weighted by atomic mass is 10.2. The van der Waals surface area contributed by atoms with Crippen LogP contribution in [0.2, 0.25) is 0 Å². The number of rotatable bonds is 5. The molecule has 1 N–H and O–H groups in total. The molecule has 0 radical (unpaired) electrons. The molecule has 8 nitrogen and oxygen atoms in total. The Bertz CT molecular complexity index is 976. The number of hydrogen-bond donors (Lipinski definition) is 1. The molecule has 0 fully saturated rings. The molecule has 2 heterocycles. The third-order valence-corrected chi connectivity index (χ3v) is 4.57. The van der Waals surface area contributed by atoms with Crippen molar-refractivity contribution in [1.82, 2.24) is 0 Å². The zero-order valence-electron chi connectivity index (χ0n) is 13.4. The largest absolute Gasteiger partial charge is 0.465 e. The van der Waals surface area contributed by atoms with Gasteiger partial charge in [-0.15, -0.1) is 11.3 Å². The van der Waals surface area contributed by atoms with E-state index in [2.05, 4.69) is 5.32 Å². The molecule has 0 aliphatic rings. The van der Waals surface area contributed by atoms with Crippen molar-refractivity contribution < 1.29 is 23.7 Å². The number of anilines is 1. The summed E-state index contributed by atoms with van der Waals surface area (Å²) in [7, 11) is 1.24. The first kappa shape index (κ1) is 17.4. The maximum atomic E-state index is 12.3. The van der Waals surface area contributed by atoms with Gasteiger partial charge in [0.1, 0.15) is 9.80 Å². The number of ether oxygens (including phenoxy) is 1. The number of carbonyl (C=O) groups excluding carboxylic acids is 2. The monoisotopic (exact) mass is 372 g/mol. The second kappa shape index (κ2) is 7.19. The first-order valence-electron chi connectivity index (χ1n) is 7.32. The topological polar surface area (TPSA) is 112 Å². The Labute approximate surface area is 151 Å². The van der Waals surface area contributed by atoms with Crippen LogP contribution in [0.25, 0.3) is 10.4 Å². The van der Waals surface area contributed by atoms with Gasteiger partial charge in [0.25, 0.3) is 5.91 Å².